The lowest BCUT2D eigenvalue weighted by molar-refractivity contribution is -0.134. The lowest BCUT2D eigenvalue weighted by Crippen LogP contribution is -2.54. The van der Waals surface area contributed by atoms with Gasteiger partial charge in [0.05, 0.1) is 24.1 Å². The molecule has 0 spiro atoms. The maximum Gasteiger partial charge on any atom is 0.257 e. The molecule has 3 aliphatic rings. The van der Waals surface area contributed by atoms with Crippen molar-refractivity contribution in [2.24, 2.45) is 5.92 Å². The van der Waals surface area contributed by atoms with Crippen LogP contribution in [-0.4, -0.2) is 65.7 Å². The quantitative estimate of drug-likeness (QED) is 0.336. The monoisotopic (exact) mass is 567 g/mol. The molecular weight excluding hydrogens is 525 g/mol. The van der Waals surface area contributed by atoms with E-state index in [1.807, 2.05) is 0 Å². The number of anilines is 1. The molecule has 2 heterocycles. The summed E-state index contributed by atoms with van der Waals surface area (Å²) in [6.45, 7) is 12.8. The van der Waals surface area contributed by atoms with Gasteiger partial charge in [-0.15, -0.1) is 0 Å². The van der Waals surface area contributed by atoms with Gasteiger partial charge < -0.3 is 25.0 Å². The first-order chi connectivity index (χ1) is 19.2. The number of nitrogens with zero attached hydrogens (tertiary/aromatic N) is 1. The van der Waals surface area contributed by atoms with Crippen molar-refractivity contribution in [2.45, 2.75) is 89.8 Å². The number of amides is 3. The molecule has 9 heteroatoms. The molecule has 3 amide bonds. The van der Waals surface area contributed by atoms with E-state index in [1.54, 1.807) is 43.1 Å². The number of carbonyl (C=O) groups is 3. The highest BCUT2D eigenvalue weighted by molar-refractivity contribution is 6.06. The SMILES string of the molecule is C=C(/C=C\C(=C/C)C(C)(C)F)C(=O)Nc1ccc2c(c1)C(=O)N(C)[C@H]1CC[C@@H](CC(=O)NC3(C)CC3C)O[C@H]1CO2. The van der Waals surface area contributed by atoms with Gasteiger partial charge in [-0.2, -0.15) is 0 Å². The smallest absolute Gasteiger partial charge is 0.257 e. The molecule has 0 aromatic heterocycles. The average Bonchev–Trinajstić information content (AvgIpc) is 3.49. The van der Waals surface area contributed by atoms with Gasteiger partial charge >= 0.3 is 0 Å². The number of alkyl halides is 1. The zero-order chi connectivity index (χ0) is 30.1. The van der Waals surface area contributed by atoms with Crippen LogP contribution in [0.1, 0.15) is 70.7 Å². The molecule has 2 aliphatic heterocycles. The fourth-order valence-electron chi connectivity index (χ4n) is 5.55. The number of halogens is 1. The number of ether oxygens (including phenoxy) is 2. The molecule has 8 nitrogen and oxygen atoms in total. The highest BCUT2D eigenvalue weighted by Crippen LogP contribution is 2.42. The van der Waals surface area contributed by atoms with Crippen molar-refractivity contribution < 1.29 is 28.2 Å². The fourth-order valence-corrected chi connectivity index (χ4v) is 5.55. The first-order valence-corrected chi connectivity index (χ1v) is 14.3. The molecule has 1 saturated heterocycles. The van der Waals surface area contributed by atoms with Crippen LogP contribution < -0.4 is 15.4 Å². The lowest BCUT2D eigenvalue weighted by atomic mass is 9.94. The van der Waals surface area contributed by atoms with Crippen LogP contribution in [0.2, 0.25) is 0 Å². The second kappa shape index (κ2) is 11.8. The van der Waals surface area contributed by atoms with Gasteiger partial charge in [-0.05, 0) is 82.7 Å². The van der Waals surface area contributed by atoms with Gasteiger partial charge in [0.1, 0.15) is 24.1 Å². The first kappa shape index (κ1) is 30.5. The van der Waals surface area contributed by atoms with Gasteiger partial charge in [0.2, 0.25) is 5.91 Å². The molecule has 2 unspecified atom stereocenters. The molecule has 1 aromatic rings. The molecule has 1 aromatic carbocycles. The van der Waals surface area contributed by atoms with Crippen LogP contribution in [0.5, 0.6) is 5.75 Å². The van der Waals surface area contributed by atoms with Gasteiger partial charge in [0.25, 0.3) is 11.8 Å². The molecule has 5 atom stereocenters. The minimum atomic E-state index is -1.55. The number of hydrogen-bond donors (Lipinski definition) is 2. The van der Waals surface area contributed by atoms with Gasteiger partial charge in [0, 0.05) is 23.8 Å². The number of rotatable bonds is 8. The molecule has 1 aliphatic carbocycles. The predicted octanol–water partition coefficient (Wildman–Crippen LogP) is 5.12. The topological polar surface area (TPSA) is 97.0 Å². The summed E-state index contributed by atoms with van der Waals surface area (Å²) in [4.78, 5) is 40.5. The molecule has 41 heavy (non-hydrogen) atoms. The lowest BCUT2D eigenvalue weighted by Gasteiger charge is -2.42. The number of carbonyl (C=O) groups excluding carboxylic acids is 3. The van der Waals surface area contributed by atoms with Crippen molar-refractivity contribution in [3.63, 3.8) is 0 Å². The Balaban J connectivity index is 1.40. The number of benzene rings is 1. The van der Waals surface area contributed by atoms with E-state index >= 15 is 0 Å². The number of nitrogens with one attached hydrogen (secondary N) is 2. The van der Waals surface area contributed by atoms with Crippen LogP contribution in [0, 0.1) is 5.92 Å². The van der Waals surface area contributed by atoms with E-state index in [0.29, 0.717) is 41.3 Å². The Morgan fingerprint density at radius 2 is 1.98 bits per heavy atom. The Morgan fingerprint density at radius 1 is 1.27 bits per heavy atom. The van der Waals surface area contributed by atoms with Crippen LogP contribution in [0.4, 0.5) is 10.1 Å². The van der Waals surface area contributed by atoms with Gasteiger partial charge in [-0.1, -0.05) is 25.7 Å². The van der Waals surface area contributed by atoms with Crippen LogP contribution in [-0.2, 0) is 14.3 Å². The second-order valence-electron chi connectivity index (χ2n) is 12.2. The summed E-state index contributed by atoms with van der Waals surface area (Å²) in [5.74, 6) is 0.143. The Morgan fingerprint density at radius 3 is 2.61 bits per heavy atom. The average molecular weight is 568 g/mol. The second-order valence-corrected chi connectivity index (χ2v) is 12.2. The molecule has 0 radical (unpaired) electrons. The van der Waals surface area contributed by atoms with Crippen molar-refractivity contribution in [1.82, 2.24) is 10.2 Å². The Hall–Kier alpha value is -3.46. The van der Waals surface area contributed by atoms with E-state index < -0.39 is 11.6 Å². The standard InChI is InChI=1S/C32H42FN3O5/c1-8-21(31(4,5)33)10-9-19(2)29(38)34-22-11-14-26-24(15-22)30(39)36(7)25-13-12-23(41-27(25)18-40-26)16-28(37)35-32(6)17-20(32)3/h8-11,14-15,20,23,25,27H,2,12-13,16-18H2,1,3-7H3,(H,34,38)(H,35,37)/b10-9-,21-8+/t20?,23-,25-,27-,32?/m0/s1. The van der Waals surface area contributed by atoms with Crippen molar-refractivity contribution >= 4 is 23.4 Å². The summed E-state index contributed by atoms with van der Waals surface area (Å²) < 4.78 is 26.6. The minimum Gasteiger partial charge on any atom is -0.490 e. The summed E-state index contributed by atoms with van der Waals surface area (Å²) in [7, 11) is 1.74. The van der Waals surface area contributed by atoms with Crippen LogP contribution in [0.25, 0.3) is 0 Å². The maximum absolute atomic E-state index is 14.3. The molecule has 2 N–H and O–H groups in total. The van der Waals surface area contributed by atoms with E-state index in [0.717, 1.165) is 6.42 Å². The van der Waals surface area contributed by atoms with Crippen LogP contribution in [0.3, 0.4) is 0 Å². The Kier molecular flexibility index (Phi) is 8.78. The first-order valence-electron chi connectivity index (χ1n) is 14.3. The predicted molar refractivity (Wildman–Crippen MR) is 157 cm³/mol. The number of hydrogen-bond acceptors (Lipinski definition) is 5. The summed E-state index contributed by atoms with van der Waals surface area (Å²) >= 11 is 0. The summed E-state index contributed by atoms with van der Waals surface area (Å²) in [6, 6.07) is 4.67. The zero-order valence-corrected chi connectivity index (χ0v) is 24.9. The molecule has 4 rings (SSSR count). The Bertz CT molecular complexity index is 1280. The normalized spacial score (nSPS) is 28.1. The van der Waals surface area contributed by atoms with Crippen molar-refractivity contribution in [2.75, 3.05) is 19.0 Å². The number of allylic oxidation sites excluding steroid dienone is 3. The summed E-state index contributed by atoms with van der Waals surface area (Å²) in [6.07, 6.45) is 6.65. The molecular formula is C32H42FN3O5. The molecule has 0 bridgehead atoms. The third kappa shape index (κ3) is 7.07. The summed E-state index contributed by atoms with van der Waals surface area (Å²) in [5, 5.41) is 5.88. The number of fused-ring (bicyclic) bond motifs is 2. The Labute approximate surface area is 242 Å². The van der Waals surface area contributed by atoms with E-state index in [9.17, 15) is 18.8 Å². The third-order valence-corrected chi connectivity index (χ3v) is 8.52. The van der Waals surface area contributed by atoms with E-state index in [-0.39, 0.29) is 54.2 Å². The van der Waals surface area contributed by atoms with Crippen molar-refractivity contribution in [3.8, 4) is 5.75 Å². The fraction of sp³-hybridized carbons (Fsp3) is 0.531. The van der Waals surface area contributed by atoms with Crippen molar-refractivity contribution in [1.29, 1.82) is 0 Å². The maximum atomic E-state index is 14.3. The van der Waals surface area contributed by atoms with E-state index in [2.05, 4.69) is 31.1 Å². The van der Waals surface area contributed by atoms with Crippen LogP contribution >= 0.6 is 0 Å². The summed E-state index contributed by atoms with van der Waals surface area (Å²) in [5.41, 5.74) is -0.346. The largest absolute Gasteiger partial charge is 0.490 e. The van der Waals surface area contributed by atoms with E-state index in [1.165, 1.54) is 26.0 Å². The minimum absolute atomic E-state index is 0.0110. The van der Waals surface area contributed by atoms with Crippen LogP contribution in [0.15, 0.2) is 54.2 Å². The van der Waals surface area contributed by atoms with Gasteiger partial charge in [-0.3, -0.25) is 14.4 Å². The molecule has 222 valence electrons. The van der Waals surface area contributed by atoms with Crippen molar-refractivity contribution in [3.05, 3.63) is 59.7 Å². The molecule has 1 saturated carbocycles. The highest BCUT2D eigenvalue weighted by Gasteiger charge is 2.48. The highest BCUT2D eigenvalue weighted by atomic mass is 19.1. The van der Waals surface area contributed by atoms with Gasteiger partial charge in [0.15, 0.2) is 0 Å². The zero-order valence-electron chi connectivity index (χ0n) is 24.9. The third-order valence-electron chi connectivity index (χ3n) is 8.52. The molecule has 2 fully saturated rings. The number of likely N-dealkylation sites (N-methyl/N-ethyl adjacent to an activating group) is 1. The van der Waals surface area contributed by atoms with E-state index in [4.69, 9.17) is 9.47 Å². The van der Waals surface area contributed by atoms with Gasteiger partial charge in [-0.25, -0.2) is 4.39 Å².